The van der Waals surface area contributed by atoms with Crippen molar-refractivity contribution >= 4 is 36.6 Å². The Labute approximate surface area is 182 Å². The van der Waals surface area contributed by atoms with Crippen LogP contribution in [0.4, 0.5) is 0 Å². The molecule has 1 saturated heterocycles. The average molecular weight is 439 g/mol. The summed E-state index contributed by atoms with van der Waals surface area (Å²) in [6.45, 7) is 11.0. The minimum atomic E-state index is -0.369. The highest BCUT2D eigenvalue weighted by molar-refractivity contribution is 5.85. The van der Waals surface area contributed by atoms with E-state index in [1.807, 2.05) is 27.7 Å². The van der Waals surface area contributed by atoms with E-state index in [0.717, 1.165) is 58.2 Å². The molecule has 4 N–H and O–H groups in total. The third-order valence-electron chi connectivity index (χ3n) is 5.72. The number of halogens is 2. The predicted octanol–water partition coefficient (Wildman–Crippen LogP) is 2.48. The van der Waals surface area contributed by atoms with Gasteiger partial charge in [-0.15, -0.1) is 24.8 Å². The van der Waals surface area contributed by atoms with Crippen LogP contribution < -0.4 is 16.4 Å². The van der Waals surface area contributed by atoms with Gasteiger partial charge in [-0.1, -0.05) is 12.8 Å². The molecule has 1 aliphatic heterocycles. The van der Waals surface area contributed by atoms with Crippen LogP contribution in [0.15, 0.2) is 0 Å². The lowest BCUT2D eigenvalue weighted by Crippen LogP contribution is -2.53. The number of hydrogen-bond acceptors (Lipinski definition) is 4. The number of hydrogen-bond donors (Lipinski definition) is 3. The first-order valence-corrected chi connectivity index (χ1v) is 10.2. The summed E-state index contributed by atoms with van der Waals surface area (Å²) >= 11 is 0. The lowest BCUT2D eigenvalue weighted by atomic mass is 9.74. The number of nitrogens with two attached hydrogens (primary N) is 1. The molecular formula is C20H40Cl2N4O2. The number of likely N-dealkylation sites (tertiary alicyclic amines) is 1. The summed E-state index contributed by atoms with van der Waals surface area (Å²) in [6.07, 6.45) is 6.10. The molecule has 1 saturated carbocycles. The normalized spacial score (nSPS) is 26.5. The van der Waals surface area contributed by atoms with Gasteiger partial charge in [0.2, 0.25) is 11.8 Å². The van der Waals surface area contributed by atoms with Gasteiger partial charge in [0, 0.05) is 17.6 Å². The molecular weight excluding hydrogens is 399 g/mol. The van der Waals surface area contributed by atoms with E-state index in [4.69, 9.17) is 5.73 Å². The first-order chi connectivity index (χ1) is 12.1. The first kappa shape index (κ1) is 27.4. The Morgan fingerprint density at radius 2 is 1.71 bits per heavy atom. The van der Waals surface area contributed by atoms with Crippen molar-refractivity contribution in [2.24, 2.45) is 17.6 Å². The van der Waals surface area contributed by atoms with Crippen LogP contribution in [0.2, 0.25) is 0 Å². The molecule has 2 aliphatic rings. The van der Waals surface area contributed by atoms with E-state index in [2.05, 4.69) is 15.5 Å². The van der Waals surface area contributed by atoms with E-state index in [-0.39, 0.29) is 53.6 Å². The number of nitrogens with one attached hydrogen (secondary N) is 2. The largest absolute Gasteiger partial charge is 0.356 e. The van der Waals surface area contributed by atoms with E-state index in [1.165, 1.54) is 0 Å². The third kappa shape index (κ3) is 8.85. The maximum atomic E-state index is 12.5. The van der Waals surface area contributed by atoms with Crippen molar-refractivity contribution in [1.82, 2.24) is 15.5 Å². The third-order valence-corrected chi connectivity index (χ3v) is 5.72. The number of carbonyl (C=O) groups is 2. The van der Waals surface area contributed by atoms with Crippen molar-refractivity contribution in [2.75, 3.05) is 26.2 Å². The van der Waals surface area contributed by atoms with Gasteiger partial charge in [-0.3, -0.25) is 14.5 Å². The quantitative estimate of drug-likeness (QED) is 0.614. The minimum absolute atomic E-state index is 0. The van der Waals surface area contributed by atoms with Crippen molar-refractivity contribution in [3.63, 3.8) is 0 Å². The van der Waals surface area contributed by atoms with Crippen LogP contribution in [0.1, 0.15) is 66.2 Å². The van der Waals surface area contributed by atoms with Gasteiger partial charge in [0.25, 0.3) is 0 Å². The summed E-state index contributed by atoms with van der Waals surface area (Å²) in [7, 11) is 0. The molecule has 2 atom stereocenters. The number of piperidine rings is 1. The molecule has 0 bridgehead atoms. The summed E-state index contributed by atoms with van der Waals surface area (Å²) in [6, 6.07) is 0. The standard InChI is InChI=1S/C20H38N4O2.2ClH/c1-19(2,3)23-17(25)14-24-11-8-15(9-12-24)13-22-18(26)16-7-5-6-10-20(16,4)21;;/h15-16H,5-14,21H2,1-4H3,(H,22,26)(H,23,25);2*1H. The van der Waals surface area contributed by atoms with Crippen LogP contribution in [0.25, 0.3) is 0 Å². The van der Waals surface area contributed by atoms with Crippen molar-refractivity contribution in [3.8, 4) is 0 Å². The molecule has 2 rings (SSSR count). The summed E-state index contributed by atoms with van der Waals surface area (Å²) in [5, 5.41) is 6.16. The number of amides is 2. The van der Waals surface area contributed by atoms with E-state index in [0.29, 0.717) is 12.5 Å². The monoisotopic (exact) mass is 438 g/mol. The molecule has 1 aliphatic carbocycles. The van der Waals surface area contributed by atoms with Gasteiger partial charge in [-0.25, -0.2) is 0 Å². The summed E-state index contributed by atoms with van der Waals surface area (Å²) < 4.78 is 0. The van der Waals surface area contributed by atoms with E-state index in [9.17, 15) is 9.59 Å². The maximum Gasteiger partial charge on any atom is 0.234 e. The highest BCUT2D eigenvalue weighted by Crippen LogP contribution is 2.31. The van der Waals surface area contributed by atoms with Gasteiger partial charge in [-0.05, 0) is 72.4 Å². The maximum absolute atomic E-state index is 12.5. The Morgan fingerprint density at radius 1 is 1.11 bits per heavy atom. The minimum Gasteiger partial charge on any atom is -0.356 e. The Kier molecular flexibility index (Phi) is 11.3. The lowest BCUT2D eigenvalue weighted by Gasteiger charge is -2.38. The average Bonchev–Trinajstić information content (AvgIpc) is 2.51. The molecule has 0 spiro atoms. The second kappa shape index (κ2) is 11.6. The van der Waals surface area contributed by atoms with Gasteiger partial charge in [0.1, 0.15) is 0 Å². The molecule has 0 radical (unpaired) electrons. The SMILES string of the molecule is CC(C)(C)NC(=O)CN1CCC(CNC(=O)C2CCCCC2(C)N)CC1.Cl.Cl. The fraction of sp³-hybridized carbons (Fsp3) is 0.900. The fourth-order valence-electron chi connectivity index (χ4n) is 4.17. The molecule has 2 unspecified atom stereocenters. The Hall–Kier alpha value is -0.560. The van der Waals surface area contributed by atoms with Crippen molar-refractivity contribution in [2.45, 2.75) is 77.3 Å². The van der Waals surface area contributed by atoms with Crippen LogP contribution in [-0.2, 0) is 9.59 Å². The molecule has 0 aromatic heterocycles. The number of carbonyl (C=O) groups excluding carboxylic acids is 2. The topological polar surface area (TPSA) is 87.5 Å². The molecule has 2 amide bonds. The zero-order valence-corrected chi connectivity index (χ0v) is 19.5. The predicted molar refractivity (Wildman–Crippen MR) is 119 cm³/mol. The van der Waals surface area contributed by atoms with Crippen LogP contribution >= 0.6 is 24.8 Å². The molecule has 28 heavy (non-hydrogen) atoms. The van der Waals surface area contributed by atoms with Crippen LogP contribution in [0.3, 0.4) is 0 Å². The molecule has 0 aromatic carbocycles. The molecule has 0 aromatic rings. The zero-order valence-electron chi connectivity index (χ0n) is 17.9. The highest BCUT2D eigenvalue weighted by Gasteiger charge is 2.37. The van der Waals surface area contributed by atoms with Gasteiger partial charge in [0.05, 0.1) is 12.5 Å². The fourth-order valence-corrected chi connectivity index (χ4v) is 4.17. The van der Waals surface area contributed by atoms with Gasteiger partial charge < -0.3 is 16.4 Å². The van der Waals surface area contributed by atoms with Crippen molar-refractivity contribution < 1.29 is 9.59 Å². The second-order valence-corrected chi connectivity index (χ2v) is 9.57. The highest BCUT2D eigenvalue weighted by atomic mass is 35.5. The molecule has 8 heteroatoms. The summed E-state index contributed by atoms with van der Waals surface area (Å²) in [5.41, 5.74) is 5.78. The van der Waals surface area contributed by atoms with Crippen LogP contribution in [-0.4, -0.2) is 54.0 Å². The molecule has 2 fully saturated rings. The van der Waals surface area contributed by atoms with Crippen LogP contribution in [0.5, 0.6) is 0 Å². The van der Waals surface area contributed by atoms with Gasteiger partial charge in [0.15, 0.2) is 0 Å². The van der Waals surface area contributed by atoms with Crippen LogP contribution in [0, 0.1) is 11.8 Å². The Balaban J connectivity index is 0.00000364. The van der Waals surface area contributed by atoms with Gasteiger partial charge in [-0.2, -0.15) is 0 Å². The van der Waals surface area contributed by atoms with E-state index in [1.54, 1.807) is 0 Å². The zero-order chi connectivity index (χ0) is 19.4. The van der Waals surface area contributed by atoms with E-state index < -0.39 is 0 Å². The Bertz CT molecular complexity index is 501. The number of nitrogens with zero attached hydrogens (tertiary/aromatic N) is 1. The summed E-state index contributed by atoms with van der Waals surface area (Å²) in [5.74, 6) is 0.649. The Morgan fingerprint density at radius 3 is 2.25 bits per heavy atom. The molecule has 1 heterocycles. The number of rotatable bonds is 5. The van der Waals surface area contributed by atoms with E-state index >= 15 is 0 Å². The van der Waals surface area contributed by atoms with Crippen molar-refractivity contribution in [1.29, 1.82) is 0 Å². The summed E-state index contributed by atoms with van der Waals surface area (Å²) in [4.78, 5) is 26.8. The van der Waals surface area contributed by atoms with Crippen molar-refractivity contribution in [3.05, 3.63) is 0 Å². The van der Waals surface area contributed by atoms with Gasteiger partial charge >= 0.3 is 0 Å². The smallest absolute Gasteiger partial charge is 0.234 e. The molecule has 166 valence electrons. The second-order valence-electron chi connectivity index (χ2n) is 9.57. The first-order valence-electron chi connectivity index (χ1n) is 10.2. The lowest BCUT2D eigenvalue weighted by molar-refractivity contribution is -0.128. The molecule has 6 nitrogen and oxygen atoms in total.